The summed E-state index contributed by atoms with van der Waals surface area (Å²) in [4.78, 5) is 0. The molecule has 0 amide bonds. The van der Waals surface area contributed by atoms with E-state index in [9.17, 15) is 0 Å². The fraction of sp³-hybridized carbons (Fsp3) is 0.0769. The van der Waals surface area contributed by atoms with Crippen molar-refractivity contribution in [3.63, 3.8) is 0 Å². The van der Waals surface area contributed by atoms with Crippen molar-refractivity contribution < 1.29 is 0 Å². The Hall–Kier alpha value is -6.44. The van der Waals surface area contributed by atoms with Gasteiger partial charge in [0.05, 0.1) is 16.9 Å². The summed E-state index contributed by atoms with van der Waals surface area (Å²) in [5, 5.41) is 6.34. The maximum absolute atomic E-state index is 4.46. The molecule has 53 heavy (non-hydrogen) atoms. The smallest absolute Gasteiger partial charge is 0.0541 e. The third-order valence-electron chi connectivity index (χ3n) is 12.3. The van der Waals surface area contributed by atoms with E-state index in [0.29, 0.717) is 0 Å². The van der Waals surface area contributed by atoms with Crippen molar-refractivity contribution in [1.82, 2.24) is 4.57 Å². The van der Waals surface area contributed by atoms with E-state index >= 15 is 0 Å². The first-order chi connectivity index (χ1) is 26.0. The molecule has 11 rings (SSSR count). The highest BCUT2D eigenvalue weighted by molar-refractivity contribution is 6.20. The third-order valence-corrected chi connectivity index (χ3v) is 12.3. The van der Waals surface area contributed by atoms with Gasteiger partial charge in [0, 0.05) is 21.8 Å². The van der Waals surface area contributed by atoms with Crippen molar-refractivity contribution in [3.8, 4) is 61.3 Å². The van der Waals surface area contributed by atoms with Crippen molar-refractivity contribution in [1.29, 1.82) is 0 Å². The van der Waals surface area contributed by atoms with Crippen LogP contribution in [0.25, 0.3) is 99.8 Å². The van der Waals surface area contributed by atoms with Gasteiger partial charge in [-0.25, -0.2) is 0 Å². The van der Waals surface area contributed by atoms with Gasteiger partial charge in [0.1, 0.15) is 0 Å². The summed E-state index contributed by atoms with van der Waals surface area (Å²) in [7, 11) is 0. The number of para-hydroxylation sites is 1. The van der Waals surface area contributed by atoms with Crippen molar-refractivity contribution in [3.05, 3.63) is 181 Å². The highest BCUT2D eigenvalue weighted by atomic mass is 15.0. The SMILES string of the molecule is C=Cc1c(-c2ccc3c(c2C)C(C)(C)c2ccccc2-3)c2ccccc2n1-c1ccc(-c2ccc3c4c(cccc24)-c2ccccc2-3)c2ccccc12. The molecule has 0 saturated heterocycles. The second kappa shape index (κ2) is 10.8. The molecule has 2 aliphatic rings. The van der Waals surface area contributed by atoms with E-state index in [1.807, 2.05) is 0 Å². The first-order valence-electron chi connectivity index (χ1n) is 18.7. The molecule has 1 heteroatoms. The number of rotatable bonds is 4. The Kier molecular flexibility index (Phi) is 6.15. The van der Waals surface area contributed by atoms with E-state index in [4.69, 9.17) is 0 Å². The molecule has 0 saturated carbocycles. The van der Waals surface area contributed by atoms with Gasteiger partial charge >= 0.3 is 0 Å². The highest BCUT2D eigenvalue weighted by Gasteiger charge is 2.37. The summed E-state index contributed by atoms with van der Waals surface area (Å²) in [6.07, 6.45) is 2.06. The third kappa shape index (κ3) is 3.92. The Morgan fingerprint density at radius 2 is 1.02 bits per heavy atom. The number of aromatic nitrogens is 1. The van der Waals surface area contributed by atoms with Gasteiger partial charge < -0.3 is 4.57 Å². The lowest BCUT2D eigenvalue weighted by molar-refractivity contribution is 0.656. The van der Waals surface area contributed by atoms with E-state index < -0.39 is 0 Å². The molecule has 2 aliphatic carbocycles. The molecular formula is C52H37N. The maximum Gasteiger partial charge on any atom is 0.0541 e. The van der Waals surface area contributed by atoms with E-state index in [1.165, 1.54) is 105 Å². The number of fused-ring (bicyclic) bond motifs is 8. The van der Waals surface area contributed by atoms with E-state index in [0.717, 1.165) is 11.4 Å². The van der Waals surface area contributed by atoms with Crippen LogP contribution in [0.5, 0.6) is 0 Å². The van der Waals surface area contributed by atoms with E-state index in [2.05, 4.69) is 190 Å². The summed E-state index contributed by atoms with van der Waals surface area (Å²) in [6, 6.07) is 56.3. The zero-order valence-corrected chi connectivity index (χ0v) is 30.2. The lowest BCUT2D eigenvalue weighted by Crippen LogP contribution is -2.16. The number of hydrogen-bond acceptors (Lipinski definition) is 0. The quantitative estimate of drug-likeness (QED) is 0.175. The zero-order chi connectivity index (χ0) is 35.6. The molecule has 0 spiro atoms. The van der Waals surface area contributed by atoms with Crippen LogP contribution in [0.4, 0.5) is 0 Å². The van der Waals surface area contributed by atoms with Gasteiger partial charge in [0.25, 0.3) is 0 Å². The molecule has 1 nitrogen and oxygen atoms in total. The first kappa shape index (κ1) is 30.2. The van der Waals surface area contributed by atoms with Crippen LogP contribution in [0.15, 0.2) is 158 Å². The van der Waals surface area contributed by atoms with Crippen LogP contribution in [0, 0.1) is 6.92 Å². The molecular weight excluding hydrogens is 639 g/mol. The Morgan fingerprint density at radius 1 is 0.472 bits per heavy atom. The Morgan fingerprint density at radius 3 is 1.81 bits per heavy atom. The van der Waals surface area contributed by atoms with Crippen LogP contribution in [0.1, 0.15) is 36.2 Å². The van der Waals surface area contributed by atoms with Crippen molar-refractivity contribution in [2.45, 2.75) is 26.2 Å². The van der Waals surface area contributed by atoms with Gasteiger partial charge in [-0.2, -0.15) is 0 Å². The fourth-order valence-electron chi connectivity index (χ4n) is 10.2. The Labute approximate surface area is 310 Å². The maximum atomic E-state index is 4.46. The molecule has 0 unspecified atom stereocenters. The van der Waals surface area contributed by atoms with Crippen molar-refractivity contribution in [2.75, 3.05) is 0 Å². The summed E-state index contributed by atoms with van der Waals surface area (Å²) < 4.78 is 2.44. The predicted molar refractivity (Wildman–Crippen MR) is 226 cm³/mol. The average Bonchev–Trinajstić information content (AvgIpc) is 3.79. The molecule has 1 heterocycles. The minimum absolute atomic E-state index is 0.0871. The summed E-state index contributed by atoms with van der Waals surface area (Å²) in [5.74, 6) is 0. The van der Waals surface area contributed by atoms with Gasteiger partial charge in [0.2, 0.25) is 0 Å². The molecule has 250 valence electrons. The largest absolute Gasteiger partial charge is 0.309 e. The number of nitrogens with zero attached hydrogens (tertiary/aromatic N) is 1. The molecule has 0 radical (unpaired) electrons. The number of benzene rings is 8. The standard InChI is InChI=1S/C52H37N/c1-5-46-50(32-25-28-43-38-18-10-12-23-45(38)52(3,4)51(43)31(32)2)44-20-11-13-24-47(44)53(46)48-30-29-36(33-15-8-9-19-39(33)48)37-26-27-42-35-17-7-6-16-34(35)40-21-14-22-41(37)49(40)42/h5-30H,1H2,2-4H3. The second-order valence-corrected chi connectivity index (χ2v) is 15.3. The highest BCUT2D eigenvalue weighted by Crippen LogP contribution is 2.53. The first-order valence-corrected chi connectivity index (χ1v) is 18.7. The normalized spacial score (nSPS) is 13.4. The van der Waals surface area contributed by atoms with Gasteiger partial charge in [-0.15, -0.1) is 0 Å². The van der Waals surface area contributed by atoms with Crippen LogP contribution >= 0.6 is 0 Å². The molecule has 0 fully saturated rings. The van der Waals surface area contributed by atoms with Crippen molar-refractivity contribution in [2.24, 2.45) is 0 Å². The minimum atomic E-state index is -0.0871. The molecule has 0 N–H and O–H groups in total. The van der Waals surface area contributed by atoms with Crippen LogP contribution in [0.2, 0.25) is 0 Å². The van der Waals surface area contributed by atoms with Gasteiger partial charge in [-0.05, 0) is 108 Å². The zero-order valence-electron chi connectivity index (χ0n) is 30.2. The van der Waals surface area contributed by atoms with Crippen LogP contribution < -0.4 is 0 Å². The molecule has 9 aromatic rings. The lowest BCUT2D eigenvalue weighted by Gasteiger charge is -2.25. The van der Waals surface area contributed by atoms with Gasteiger partial charge in [-0.1, -0.05) is 160 Å². The summed E-state index contributed by atoms with van der Waals surface area (Å²) >= 11 is 0. The topological polar surface area (TPSA) is 4.93 Å². The molecule has 8 aromatic carbocycles. The predicted octanol–water partition coefficient (Wildman–Crippen LogP) is 14.2. The van der Waals surface area contributed by atoms with E-state index in [-0.39, 0.29) is 5.41 Å². The van der Waals surface area contributed by atoms with Gasteiger partial charge in [0.15, 0.2) is 0 Å². The molecule has 1 aromatic heterocycles. The molecule has 0 bridgehead atoms. The fourth-order valence-corrected chi connectivity index (χ4v) is 10.2. The van der Waals surface area contributed by atoms with Crippen molar-refractivity contribution >= 4 is 38.5 Å². The van der Waals surface area contributed by atoms with Crippen LogP contribution in [-0.4, -0.2) is 4.57 Å². The monoisotopic (exact) mass is 675 g/mol. The average molecular weight is 676 g/mol. The molecule has 0 aliphatic heterocycles. The van der Waals surface area contributed by atoms with E-state index in [1.54, 1.807) is 0 Å². The Balaban J connectivity index is 1.15. The summed E-state index contributed by atoms with van der Waals surface area (Å²) in [5.41, 5.74) is 20.5. The molecule has 0 atom stereocenters. The van der Waals surface area contributed by atoms with Gasteiger partial charge in [-0.3, -0.25) is 0 Å². The number of hydrogen-bond donors (Lipinski definition) is 0. The van der Waals surface area contributed by atoms with Crippen LogP contribution in [0.3, 0.4) is 0 Å². The minimum Gasteiger partial charge on any atom is -0.309 e. The summed E-state index contributed by atoms with van der Waals surface area (Å²) in [6.45, 7) is 11.5. The van der Waals surface area contributed by atoms with Crippen LogP contribution in [-0.2, 0) is 5.41 Å². The second-order valence-electron chi connectivity index (χ2n) is 15.3. The lowest BCUT2D eigenvalue weighted by atomic mass is 9.78. The Bertz CT molecular complexity index is 3030.